The minimum atomic E-state index is -0.0401. The maximum Gasteiger partial charge on any atom is 0.241 e. The van der Waals surface area contributed by atoms with E-state index in [1.54, 1.807) is 23.1 Å². The highest BCUT2D eigenvalue weighted by atomic mass is 32.2. The third kappa shape index (κ3) is 3.82. The van der Waals surface area contributed by atoms with E-state index in [1.807, 2.05) is 0 Å². The van der Waals surface area contributed by atoms with Crippen LogP contribution in [0.5, 0.6) is 0 Å². The summed E-state index contributed by atoms with van der Waals surface area (Å²) in [6.45, 7) is 8.62. The summed E-state index contributed by atoms with van der Waals surface area (Å²) < 4.78 is 0. The number of thioether (sulfide) groups is 1. The molecule has 1 N–H and O–H groups in total. The first-order valence-corrected chi connectivity index (χ1v) is 9.78. The van der Waals surface area contributed by atoms with Gasteiger partial charge in [0.1, 0.15) is 6.17 Å². The second kappa shape index (κ2) is 7.16. The molecule has 0 bridgehead atoms. The Morgan fingerprint density at radius 3 is 2.62 bits per heavy atom. The molecule has 3 unspecified atom stereocenters. The van der Waals surface area contributed by atoms with Gasteiger partial charge in [0.2, 0.25) is 5.91 Å². The van der Waals surface area contributed by atoms with Gasteiger partial charge in [0, 0.05) is 21.5 Å². The van der Waals surface area contributed by atoms with E-state index >= 15 is 0 Å². The van der Waals surface area contributed by atoms with Crippen molar-refractivity contribution in [1.29, 1.82) is 0 Å². The first-order valence-electron chi connectivity index (χ1n) is 7.57. The summed E-state index contributed by atoms with van der Waals surface area (Å²) in [5, 5.41) is 3.57. The SMILES string of the molecule is CSCC(C)N1C(=O)C(CC(C)C)NC1c1ccc(C)s1. The van der Waals surface area contributed by atoms with E-state index in [4.69, 9.17) is 0 Å². The van der Waals surface area contributed by atoms with Crippen molar-refractivity contribution in [3.05, 3.63) is 21.9 Å². The van der Waals surface area contributed by atoms with E-state index in [-0.39, 0.29) is 24.2 Å². The van der Waals surface area contributed by atoms with Crippen LogP contribution in [0.1, 0.15) is 43.1 Å². The Kier molecular flexibility index (Phi) is 5.74. The van der Waals surface area contributed by atoms with Crippen molar-refractivity contribution in [2.45, 2.75) is 52.4 Å². The zero-order valence-corrected chi connectivity index (χ0v) is 15.2. The third-order valence-corrected chi connectivity index (χ3v) is 5.68. The average molecular weight is 327 g/mol. The normalized spacial score (nSPS) is 24.1. The number of carbonyl (C=O) groups excluding carboxylic acids is 1. The fraction of sp³-hybridized carbons (Fsp3) is 0.688. The molecule has 1 aromatic rings. The van der Waals surface area contributed by atoms with Crippen LogP contribution in [0.3, 0.4) is 0 Å². The smallest absolute Gasteiger partial charge is 0.241 e. The van der Waals surface area contributed by atoms with E-state index in [0.29, 0.717) is 5.92 Å². The van der Waals surface area contributed by atoms with Gasteiger partial charge in [0.05, 0.1) is 6.04 Å². The molecule has 1 fully saturated rings. The van der Waals surface area contributed by atoms with Gasteiger partial charge >= 0.3 is 0 Å². The van der Waals surface area contributed by atoms with Crippen LogP contribution in [-0.2, 0) is 4.79 Å². The van der Waals surface area contributed by atoms with Gasteiger partial charge < -0.3 is 4.90 Å². The molecule has 1 saturated heterocycles. The second-order valence-electron chi connectivity index (χ2n) is 6.25. The number of nitrogens with zero attached hydrogens (tertiary/aromatic N) is 1. The number of thiophene rings is 1. The molecule has 3 atom stereocenters. The summed E-state index contributed by atoms with van der Waals surface area (Å²) in [6, 6.07) is 4.51. The molecular weight excluding hydrogens is 300 g/mol. The molecule has 3 nitrogen and oxygen atoms in total. The van der Waals surface area contributed by atoms with Crippen molar-refractivity contribution >= 4 is 29.0 Å². The highest BCUT2D eigenvalue weighted by molar-refractivity contribution is 7.98. The van der Waals surface area contributed by atoms with Gasteiger partial charge in [0.15, 0.2) is 0 Å². The molecule has 1 amide bonds. The number of hydrogen-bond donors (Lipinski definition) is 1. The summed E-state index contributed by atoms with van der Waals surface area (Å²) in [5.41, 5.74) is 0. The molecule has 1 aliphatic heterocycles. The topological polar surface area (TPSA) is 32.3 Å². The molecule has 5 heteroatoms. The number of rotatable bonds is 6. The molecule has 21 heavy (non-hydrogen) atoms. The monoisotopic (exact) mass is 326 g/mol. The third-order valence-electron chi connectivity index (χ3n) is 3.81. The lowest BCUT2D eigenvalue weighted by molar-refractivity contribution is -0.131. The zero-order chi connectivity index (χ0) is 15.6. The average Bonchev–Trinajstić information content (AvgIpc) is 2.94. The van der Waals surface area contributed by atoms with E-state index in [9.17, 15) is 4.79 Å². The van der Waals surface area contributed by atoms with Crippen LogP contribution in [0.2, 0.25) is 0 Å². The Hall–Kier alpha value is -0.520. The van der Waals surface area contributed by atoms with Crippen LogP contribution in [-0.4, -0.2) is 34.9 Å². The molecule has 0 radical (unpaired) electrons. The summed E-state index contributed by atoms with van der Waals surface area (Å²) in [5.74, 6) is 1.76. The second-order valence-corrected chi connectivity index (χ2v) is 8.48. The summed E-state index contributed by atoms with van der Waals surface area (Å²) in [4.78, 5) is 17.4. The van der Waals surface area contributed by atoms with Gasteiger partial charge in [-0.05, 0) is 44.6 Å². The van der Waals surface area contributed by atoms with Crippen molar-refractivity contribution in [3.63, 3.8) is 0 Å². The Balaban J connectivity index is 2.24. The predicted octanol–water partition coefficient (Wildman–Crippen LogP) is 3.65. The zero-order valence-electron chi connectivity index (χ0n) is 13.6. The van der Waals surface area contributed by atoms with Gasteiger partial charge in [-0.3, -0.25) is 10.1 Å². The molecular formula is C16H26N2OS2. The Morgan fingerprint density at radius 1 is 1.38 bits per heavy atom. The maximum atomic E-state index is 12.8. The molecule has 1 aliphatic rings. The van der Waals surface area contributed by atoms with Crippen molar-refractivity contribution in [2.75, 3.05) is 12.0 Å². The van der Waals surface area contributed by atoms with E-state index in [2.05, 4.69) is 56.3 Å². The van der Waals surface area contributed by atoms with Crippen LogP contribution < -0.4 is 5.32 Å². The lowest BCUT2D eigenvalue weighted by Gasteiger charge is -2.29. The molecule has 0 spiro atoms. The van der Waals surface area contributed by atoms with Gasteiger partial charge in [-0.2, -0.15) is 11.8 Å². The lowest BCUT2D eigenvalue weighted by Crippen LogP contribution is -2.39. The summed E-state index contributed by atoms with van der Waals surface area (Å²) >= 11 is 3.58. The van der Waals surface area contributed by atoms with Crippen LogP contribution in [0, 0.1) is 12.8 Å². The Morgan fingerprint density at radius 2 is 2.10 bits per heavy atom. The molecule has 2 heterocycles. The predicted molar refractivity (Wildman–Crippen MR) is 92.9 cm³/mol. The summed E-state index contributed by atoms with van der Waals surface area (Å²) in [6.07, 6.45) is 3.05. The number of aryl methyl sites for hydroxylation is 1. The van der Waals surface area contributed by atoms with Crippen LogP contribution in [0.25, 0.3) is 0 Å². The molecule has 2 rings (SSSR count). The van der Waals surface area contributed by atoms with E-state index in [1.165, 1.54) is 9.75 Å². The lowest BCUT2D eigenvalue weighted by atomic mass is 10.0. The Bertz CT molecular complexity index is 486. The first kappa shape index (κ1) is 16.8. The standard InChI is InChI=1S/C16H26N2OS2/c1-10(2)8-13-16(19)18(11(3)9-20-5)15(17-13)14-7-6-12(4)21-14/h6-7,10-11,13,15,17H,8-9H2,1-5H3. The highest BCUT2D eigenvalue weighted by Gasteiger charge is 2.42. The number of hydrogen-bond acceptors (Lipinski definition) is 4. The van der Waals surface area contributed by atoms with E-state index < -0.39 is 0 Å². The van der Waals surface area contributed by atoms with Gasteiger partial charge in [-0.15, -0.1) is 11.3 Å². The molecule has 118 valence electrons. The number of carbonyl (C=O) groups is 1. The number of amides is 1. The highest BCUT2D eigenvalue weighted by Crippen LogP contribution is 2.33. The van der Waals surface area contributed by atoms with Gasteiger partial charge in [-0.1, -0.05) is 13.8 Å². The minimum absolute atomic E-state index is 0.0401. The fourth-order valence-corrected chi connectivity index (χ4v) is 4.48. The summed E-state index contributed by atoms with van der Waals surface area (Å²) in [7, 11) is 0. The van der Waals surface area contributed by atoms with Crippen molar-refractivity contribution in [1.82, 2.24) is 10.2 Å². The van der Waals surface area contributed by atoms with Crippen LogP contribution >= 0.6 is 23.1 Å². The van der Waals surface area contributed by atoms with Crippen molar-refractivity contribution < 1.29 is 4.79 Å². The quantitative estimate of drug-likeness (QED) is 0.866. The first-order chi connectivity index (χ1) is 9.93. The molecule has 0 aromatic carbocycles. The molecule has 0 saturated carbocycles. The fourth-order valence-electron chi connectivity index (χ4n) is 2.90. The van der Waals surface area contributed by atoms with Crippen molar-refractivity contribution in [2.24, 2.45) is 5.92 Å². The van der Waals surface area contributed by atoms with Crippen molar-refractivity contribution in [3.8, 4) is 0 Å². The van der Waals surface area contributed by atoms with Crippen LogP contribution in [0.15, 0.2) is 12.1 Å². The largest absolute Gasteiger partial charge is 0.317 e. The number of nitrogens with one attached hydrogen (secondary N) is 1. The minimum Gasteiger partial charge on any atom is -0.317 e. The van der Waals surface area contributed by atoms with Crippen LogP contribution in [0.4, 0.5) is 0 Å². The van der Waals surface area contributed by atoms with Gasteiger partial charge in [-0.25, -0.2) is 0 Å². The molecule has 1 aromatic heterocycles. The Labute approximate surface area is 136 Å². The molecule has 0 aliphatic carbocycles. The van der Waals surface area contributed by atoms with E-state index in [0.717, 1.165) is 12.2 Å². The maximum absolute atomic E-state index is 12.8. The van der Waals surface area contributed by atoms with Gasteiger partial charge in [0.25, 0.3) is 0 Å².